The molecule has 1 heterocycles. The average Bonchev–Trinajstić information content (AvgIpc) is 1.80. The number of esters is 1. The van der Waals surface area contributed by atoms with Gasteiger partial charge >= 0.3 is 23.0 Å². The van der Waals surface area contributed by atoms with Crippen molar-refractivity contribution in [3.05, 3.63) is 63.2 Å². The largest absolute Gasteiger partial charge is 2.00 e. The minimum absolute atomic E-state index is 0. The summed E-state index contributed by atoms with van der Waals surface area (Å²) in [6, 6.07) is -10.2. The van der Waals surface area contributed by atoms with E-state index in [1.807, 2.05) is 51.4 Å². The van der Waals surface area contributed by atoms with E-state index >= 15 is 0 Å². The molecule has 0 aromatic rings. The van der Waals surface area contributed by atoms with Crippen LogP contribution in [0.2, 0.25) is 0 Å². The topological polar surface area (TPSA) is 484 Å². The summed E-state index contributed by atoms with van der Waals surface area (Å²) < 4.78 is 5.39. The number of amides is 13. The van der Waals surface area contributed by atoms with Crippen molar-refractivity contribution in [2.24, 2.45) is 40.7 Å². The summed E-state index contributed by atoms with van der Waals surface area (Å²) >= 11 is 0. The van der Waals surface area contributed by atoms with Gasteiger partial charge in [0.1, 0.15) is 42.3 Å². The Hall–Kier alpha value is -6.98. The summed E-state index contributed by atoms with van der Waals surface area (Å²) in [5.41, 5.74) is 21.8. The van der Waals surface area contributed by atoms with Crippen LogP contribution in [0.15, 0.2) is 0 Å². The Morgan fingerprint density at radius 2 is 1.18 bits per heavy atom. The van der Waals surface area contributed by atoms with Crippen molar-refractivity contribution in [1.82, 2.24) is 52.8 Å². The van der Waals surface area contributed by atoms with Gasteiger partial charge in [-0.05, 0) is 134 Å². The molecule has 0 aromatic carbocycles. The van der Waals surface area contributed by atoms with Crippen LogP contribution in [0.25, 0.3) is 0 Å². The molecule has 12 atom stereocenters. The zero-order chi connectivity index (χ0) is 66.7. The molecular formula is C59H90FeN14O16+2. The molecule has 4 fully saturated rings. The fourth-order valence-electron chi connectivity index (χ4n) is 9.79. The Morgan fingerprint density at radius 1 is 0.611 bits per heavy atom. The van der Waals surface area contributed by atoms with Gasteiger partial charge in [0, 0.05) is 37.8 Å². The van der Waals surface area contributed by atoms with Crippen molar-refractivity contribution < 1.29 is 94.0 Å². The van der Waals surface area contributed by atoms with Crippen LogP contribution in [0.3, 0.4) is 0 Å². The number of likely N-dealkylation sites (tertiary alicyclic amines) is 1. The van der Waals surface area contributed by atoms with Gasteiger partial charge in [-0.3, -0.25) is 67.1 Å². The van der Waals surface area contributed by atoms with E-state index in [4.69, 9.17) is 27.7 Å². The SMILES string of the molecule is CC[C@H](C)[C@H](NC(=O)[C@H](C)NC(=O)[C@@H](NC(=O)[C@H](CCC(N)=O)NC(=O)CCC(=O)OCC[C@H]1C[C@@H](NC(=O)[C@@H](N)CCC(N)=O)[C]2[CH][CH][CH][C]21)[C@@H](C)O)C(=O)NCC(=O)N[C@H](C(=O)NCC(=O)N[C@@H](C)C(=O)N1CCC[C@H]1C(N)=O)C(C)C.[CH]1[CH][CH][CH][CH]1.[Fe+2]. The number of carbonyl (C=O) groups is 14. The van der Waals surface area contributed by atoms with Crippen LogP contribution in [0.1, 0.15) is 119 Å². The second-order valence-electron chi connectivity index (χ2n) is 22.6. The van der Waals surface area contributed by atoms with Gasteiger partial charge in [0.15, 0.2) is 0 Å². The first kappa shape index (κ1) is 79.1. The summed E-state index contributed by atoms with van der Waals surface area (Å²) in [4.78, 5) is 180. The number of hydrogen-bond donors (Lipinski definition) is 14. The number of ether oxygens (including phenoxy) is 1. The van der Waals surface area contributed by atoms with Gasteiger partial charge in [0.05, 0.1) is 38.3 Å². The summed E-state index contributed by atoms with van der Waals surface area (Å²) in [6.45, 7) is 9.50. The van der Waals surface area contributed by atoms with Crippen LogP contribution in [-0.2, 0) is 88.9 Å². The first-order chi connectivity index (χ1) is 41.9. The number of carbonyl (C=O) groups excluding carboxylic acids is 14. The smallest absolute Gasteiger partial charge is 0.466 e. The minimum atomic E-state index is -1.74. The Bertz CT molecular complexity index is 2480. The van der Waals surface area contributed by atoms with Crippen molar-refractivity contribution in [2.75, 3.05) is 26.2 Å². The van der Waals surface area contributed by atoms with Crippen molar-refractivity contribution in [3.8, 4) is 0 Å². The third kappa shape index (κ3) is 26.8. The Labute approximate surface area is 537 Å². The molecule has 0 aromatic heterocycles. The van der Waals surface area contributed by atoms with Crippen LogP contribution in [0, 0.1) is 81.0 Å². The van der Waals surface area contributed by atoms with Gasteiger partial charge in [-0.15, -0.1) is 0 Å². The summed E-state index contributed by atoms with van der Waals surface area (Å²) in [5.74, 6) is -9.90. The standard InChI is InChI=1S/C54H85N14O16.C5H5.Fe/c1-8-27(4)45(52(81)60-25-42(74)65-44(26(2)3)51(80)59-24-41(73)61-29(6)54(83)68-21-10-13-37(68)47(58)76)66-48(77)28(5)62-53(82)46(30(7)69)67-50(79)35(15-17-39(57)71)63-40(72)18-19-43(75)84-22-20-31-23-36(33-12-9-11-32(31)33)64-49(78)34(55)14-16-38(56)70;1-2-4-5-3-1;/h9,11-12,26-31,34-37,44-46,69H,8,10,13-25,55H2,1-7H3,(H2,56,70)(H2,57,71)(H2,58,76)(H,59,80)(H,60,81)(H,61,73)(H,62,82)(H,63,72)(H,64,78)(H,65,74)(H,66,77)(H,67,79);1-5H;/q;;+2/t27-,28-,29-,30+,31-,34-,35-,36+,37-,44-,45-,46-;;/m0../s1. The van der Waals surface area contributed by atoms with Crippen LogP contribution in [0.4, 0.5) is 0 Å². The second kappa shape index (κ2) is 40.0. The van der Waals surface area contributed by atoms with E-state index in [2.05, 4.69) is 47.9 Å². The van der Waals surface area contributed by atoms with Crippen LogP contribution in [-0.4, -0.2) is 179 Å². The monoisotopic (exact) mass is 1310 g/mol. The van der Waals surface area contributed by atoms with Crippen molar-refractivity contribution in [3.63, 3.8) is 0 Å². The molecule has 3 aliphatic carbocycles. The van der Waals surface area contributed by atoms with Gasteiger partial charge < -0.3 is 85.5 Å². The predicted molar refractivity (Wildman–Crippen MR) is 319 cm³/mol. The van der Waals surface area contributed by atoms with Crippen molar-refractivity contribution >= 4 is 82.8 Å². The number of nitrogens with zero attached hydrogens (tertiary/aromatic N) is 1. The molecule has 1 aliphatic heterocycles. The molecule has 18 N–H and O–H groups in total. The van der Waals surface area contributed by atoms with Gasteiger partial charge in [-0.2, -0.15) is 0 Å². The zero-order valence-corrected chi connectivity index (χ0v) is 53.0. The molecule has 13 amide bonds. The third-order valence-corrected chi connectivity index (χ3v) is 15.1. The molecule has 4 rings (SSSR count). The van der Waals surface area contributed by atoms with Crippen LogP contribution >= 0.6 is 0 Å². The Balaban J connectivity index is 0.00000437. The average molecular weight is 1310 g/mol. The number of rotatable bonds is 35. The van der Waals surface area contributed by atoms with E-state index in [-0.39, 0.29) is 54.9 Å². The minimum Gasteiger partial charge on any atom is -0.466 e. The number of aliphatic hydroxyl groups excluding tert-OH is 1. The quantitative estimate of drug-likeness (QED) is 0.0210. The predicted octanol–water partition coefficient (Wildman–Crippen LogP) is -4.40. The number of hydrogen-bond acceptors (Lipinski definition) is 17. The molecule has 30 nitrogen and oxygen atoms in total. The van der Waals surface area contributed by atoms with Gasteiger partial charge in [-0.25, -0.2) is 0 Å². The zero-order valence-electron chi connectivity index (χ0n) is 51.9. The van der Waals surface area contributed by atoms with Crippen LogP contribution < -0.4 is 70.8 Å². The number of fused-ring (bicyclic) bond motifs is 1. The van der Waals surface area contributed by atoms with E-state index in [1.54, 1.807) is 27.7 Å². The maximum atomic E-state index is 13.6. The maximum absolute atomic E-state index is 13.6. The number of nitrogens with two attached hydrogens (primary N) is 4. The van der Waals surface area contributed by atoms with E-state index < -0.39 is 181 Å². The van der Waals surface area contributed by atoms with E-state index in [9.17, 15) is 72.2 Å². The first-order valence-corrected chi connectivity index (χ1v) is 29.8. The molecule has 31 heteroatoms. The molecule has 90 heavy (non-hydrogen) atoms. The normalized spacial score (nSPS) is 19.9. The molecule has 1 saturated heterocycles. The van der Waals surface area contributed by atoms with Crippen LogP contribution in [0.5, 0.6) is 0 Å². The van der Waals surface area contributed by atoms with Gasteiger partial charge in [0.25, 0.3) is 0 Å². The van der Waals surface area contributed by atoms with Crippen molar-refractivity contribution in [2.45, 2.75) is 180 Å². The van der Waals surface area contributed by atoms with E-state index in [1.165, 1.54) is 18.7 Å². The summed E-state index contributed by atoms with van der Waals surface area (Å²) in [6.07, 6.45) is 14.7. The second-order valence-corrected chi connectivity index (χ2v) is 22.6. The number of aliphatic hydroxyl groups is 1. The van der Waals surface area contributed by atoms with Gasteiger partial charge in [0.2, 0.25) is 76.8 Å². The fraction of sp³-hybridized carbons (Fsp3) is 0.593. The third-order valence-electron chi connectivity index (χ3n) is 15.1. The molecule has 0 unspecified atom stereocenters. The molecular weight excluding hydrogens is 1220 g/mol. The molecule has 3 saturated carbocycles. The molecule has 10 radical (unpaired) electrons. The summed E-state index contributed by atoms with van der Waals surface area (Å²) in [5, 5.41) is 32.9. The van der Waals surface area contributed by atoms with E-state index in [0.29, 0.717) is 38.6 Å². The molecule has 0 bridgehead atoms. The summed E-state index contributed by atoms with van der Waals surface area (Å²) in [7, 11) is 0. The molecule has 0 spiro atoms. The maximum Gasteiger partial charge on any atom is 2.00 e. The number of nitrogens with one attached hydrogen (secondary N) is 9. The number of primary amides is 3. The molecule has 4 aliphatic rings. The van der Waals surface area contributed by atoms with Gasteiger partial charge in [-0.1, -0.05) is 34.1 Å². The first-order valence-electron chi connectivity index (χ1n) is 29.8. The Kier molecular flexibility index (Phi) is 35.2. The van der Waals surface area contributed by atoms with E-state index in [0.717, 1.165) is 18.8 Å². The fourth-order valence-corrected chi connectivity index (χ4v) is 9.79. The Morgan fingerprint density at radius 3 is 1.74 bits per heavy atom. The van der Waals surface area contributed by atoms with Crippen molar-refractivity contribution in [1.29, 1.82) is 0 Å². The molecule has 498 valence electrons.